The van der Waals surface area contributed by atoms with E-state index in [1.165, 1.54) is 28.7 Å². The van der Waals surface area contributed by atoms with Crippen LogP contribution in [0.4, 0.5) is 10.8 Å². The van der Waals surface area contributed by atoms with E-state index >= 15 is 0 Å². The number of thioether (sulfide) groups is 1. The van der Waals surface area contributed by atoms with E-state index in [0.29, 0.717) is 16.4 Å². The summed E-state index contributed by atoms with van der Waals surface area (Å²) in [4.78, 5) is 48.3. The van der Waals surface area contributed by atoms with Gasteiger partial charge >= 0.3 is 0 Å². The molecule has 1 atom stereocenters. The number of carbonyl (C=O) groups is 3. The van der Waals surface area contributed by atoms with E-state index < -0.39 is 17.1 Å². The van der Waals surface area contributed by atoms with Crippen LogP contribution in [-0.4, -0.2) is 32.9 Å². The highest BCUT2D eigenvalue weighted by molar-refractivity contribution is 8.00. The fraction of sp³-hybridized carbons (Fsp3) is 0.0811. The second kappa shape index (κ2) is 14.3. The first-order valence-corrected chi connectivity index (χ1v) is 16.6. The molecule has 1 unspecified atom stereocenters. The Morgan fingerprint density at radius 3 is 2.47 bits per heavy atom. The van der Waals surface area contributed by atoms with E-state index in [0.717, 1.165) is 32.6 Å². The van der Waals surface area contributed by atoms with Crippen LogP contribution in [0.3, 0.4) is 0 Å². The Kier molecular flexibility index (Phi) is 9.61. The first-order chi connectivity index (χ1) is 22.8. The Bertz CT molecular complexity index is 2080. The lowest BCUT2D eigenvalue weighted by molar-refractivity contribution is -0.115. The summed E-state index contributed by atoms with van der Waals surface area (Å²) >= 11 is 2.74. The zero-order valence-corrected chi connectivity index (χ0v) is 27.2. The van der Waals surface area contributed by atoms with Gasteiger partial charge in [-0.3, -0.25) is 14.4 Å². The number of benzene rings is 4. The summed E-state index contributed by atoms with van der Waals surface area (Å²) in [5.74, 6) is -1.07. The second-order valence-corrected chi connectivity index (χ2v) is 13.1. The summed E-state index contributed by atoms with van der Waals surface area (Å²) in [5.41, 5.74) is 5.69. The molecule has 0 saturated carbocycles. The number of nitrogens with one attached hydrogen (secondary N) is 4. The summed E-state index contributed by atoms with van der Waals surface area (Å²) in [6.07, 6.45) is 3.45. The second-order valence-electron chi connectivity index (χ2n) is 10.8. The van der Waals surface area contributed by atoms with Gasteiger partial charge in [0.15, 0.2) is 5.13 Å². The van der Waals surface area contributed by atoms with Crippen molar-refractivity contribution >= 4 is 68.6 Å². The molecule has 10 heteroatoms. The molecule has 8 nitrogen and oxygen atoms in total. The molecule has 2 heterocycles. The van der Waals surface area contributed by atoms with Crippen LogP contribution >= 0.6 is 23.1 Å². The monoisotopic (exact) mass is 657 g/mol. The van der Waals surface area contributed by atoms with Crippen molar-refractivity contribution in [3.63, 3.8) is 0 Å². The highest BCUT2D eigenvalue weighted by atomic mass is 32.2. The third-order valence-corrected chi connectivity index (χ3v) is 9.16. The molecule has 0 aliphatic rings. The van der Waals surface area contributed by atoms with Gasteiger partial charge in [0.05, 0.1) is 10.9 Å². The first-order valence-electron chi connectivity index (χ1n) is 14.9. The van der Waals surface area contributed by atoms with Crippen LogP contribution in [0.5, 0.6) is 0 Å². The van der Waals surface area contributed by atoms with Crippen LogP contribution in [0.25, 0.3) is 28.2 Å². The third-order valence-electron chi connectivity index (χ3n) is 7.31. The smallest absolute Gasteiger partial charge is 0.272 e. The van der Waals surface area contributed by atoms with Gasteiger partial charge in [0.2, 0.25) is 5.91 Å². The quantitative estimate of drug-likeness (QED) is 0.0877. The van der Waals surface area contributed by atoms with Gasteiger partial charge in [0.25, 0.3) is 11.8 Å². The van der Waals surface area contributed by atoms with Gasteiger partial charge in [0, 0.05) is 49.8 Å². The predicted molar refractivity (Wildman–Crippen MR) is 191 cm³/mol. The Labute approximate surface area is 280 Å². The van der Waals surface area contributed by atoms with Gasteiger partial charge in [-0.2, -0.15) is 0 Å². The number of thiazole rings is 1. The summed E-state index contributed by atoms with van der Waals surface area (Å²) in [6, 6.07) is 31.8. The number of aryl methyl sites for hydroxylation is 1. The normalized spacial score (nSPS) is 12.0. The van der Waals surface area contributed by atoms with E-state index in [2.05, 4.69) is 25.9 Å². The Balaban J connectivity index is 1.14. The van der Waals surface area contributed by atoms with Gasteiger partial charge in [-0.15, -0.1) is 23.1 Å². The Hall–Kier alpha value is -5.45. The third kappa shape index (κ3) is 7.86. The largest absolute Gasteiger partial charge is 0.361 e. The molecule has 2 aromatic heterocycles. The molecule has 0 aliphatic carbocycles. The van der Waals surface area contributed by atoms with Crippen molar-refractivity contribution in [1.82, 2.24) is 15.3 Å². The van der Waals surface area contributed by atoms with Crippen molar-refractivity contribution < 1.29 is 14.4 Å². The van der Waals surface area contributed by atoms with Gasteiger partial charge < -0.3 is 20.9 Å². The number of hydrogen-bond acceptors (Lipinski definition) is 6. The minimum atomic E-state index is -0.486. The number of aromatic nitrogens is 2. The minimum Gasteiger partial charge on any atom is -0.361 e. The van der Waals surface area contributed by atoms with Gasteiger partial charge in [-0.25, -0.2) is 4.98 Å². The molecule has 0 radical (unpaired) electrons. The van der Waals surface area contributed by atoms with Crippen LogP contribution in [0, 0.1) is 6.92 Å². The molecule has 0 bridgehead atoms. The lowest BCUT2D eigenvalue weighted by Crippen LogP contribution is -2.30. The number of amides is 3. The number of rotatable bonds is 10. The SMILES string of the molecule is Cc1ccc(-c2csc(NC(=O)C(C)Sc3cccc(NC(=O)/C(=C/c4c[nH]c5ccccc45)NC(=O)c4ccccc4)c3)n2)cc1. The highest BCUT2D eigenvalue weighted by Gasteiger charge is 2.19. The number of fused-ring (bicyclic) bond motifs is 1. The van der Waals surface area contributed by atoms with Crippen molar-refractivity contribution in [2.75, 3.05) is 10.6 Å². The number of nitrogens with zero attached hydrogens (tertiary/aromatic N) is 1. The molecule has 0 aliphatic heterocycles. The lowest BCUT2D eigenvalue weighted by Gasteiger charge is -2.13. The van der Waals surface area contributed by atoms with E-state index in [1.54, 1.807) is 48.7 Å². The zero-order valence-electron chi connectivity index (χ0n) is 25.6. The zero-order chi connectivity index (χ0) is 32.8. The van der Waals surface area contributed by atoms with Crippen LogP contribution in [0.15, 0.2) is 125 Å². The molecular weight excluding hydrogens is 627 g/mol. The summed E-state index contributed by atoms with van der Waals surface area (Å²) in [5, 5.41) is 11.6. The molecule has 4 N–H and O–H groups in total. The van der Waals surface area contributed by atoms with E-state index in [-0.39, 0.29) is 11.6 Å². The summed E-state index contributed by atoms with van der Waals surface area (Å²) < 4.78 is 0. The maximum atomic E-state index is 13.6. The van der Waals surface area contributed by atoms with Crippen LogP contribution in [-0.2, 0) is 9.59 Å². The average molecular weight is 658 g/mol. The lowest BCUT2D eigenvalue weighted by atomic mass is 10.1. The van der Waals surface area contributed by atoms with E-state index in [4.69, 9.17) is 0 Å². The van der Waals surface area contributed by atoms with Crippen LogP contribution < -0.4 is 16.0 Å². The van der Waals surface area contributed by atoms with Gasteiger partial charge in [-0.1, -0.05) is 72.3 Å². The highest BCUT2D eigenvalue weighted by Crippen LogP contribution is 2.29. The van der Waals surface area contributed by atoms with Crippen molar-refractivity contribution in [2.45, 2.75) is 24.0 Å². The van der Waals surface area contributed by atoms with Crippen molar-refractivity contribution in [2.24, 2.45) is 0 Å². The van der Waals surface area contributed by atoms with E-state index in [9.17, 15) is 14.4 Å². The first kappa shape index (κ1) is 31.5. The number of para-hydroxylation sites is 1. The van der Waals surface area contributed by atoms with Crippen LogP contribution in [0.1, 0.15) is 28.4 Å². The summed E-state index contributed by atoms with van der Waals surface area (Å²) in [6.45, 7) is 3.85. The molecule has 3 amide bonds. The molecule has 234 valence electrons. The Morgan fingerprint density at radius 1 is 0.894 bits per heavy atom. The number of anilines is 2. The molecule has 0 fully saturated rings. The molecule has 47 heavy (non-hydrogen) atoms. The van der Waals surface area contributed by atoms with Gasteiger partial charge in [-0.05, 0) is 56.3 Å². The number of H-pyrrole nitrogens is 1. The van der Waals surface area contributed by atoms with Gasteiger partial charge in [0.1, 0.15) is 5.70 Å². The maximum Gasteiger partial charge on any atom is 0.272 e. The molecule has 0 saturated heterocycles. The topological polar surface area (TPSA) is 116 Å². The number of carbonyl (C=O) groups excluding carboxylic acids is 3. The number of hydrogen-bond donors (Lipinski definition) is 4. The molecule has 4 aromatic carbocycles. The van der Waals surface area contributed by atoms with E-state index in [1.807, 2.05) is 86.0 Å². The maximum absolute atomic E-state index is 13.6. The minimum absolute atomic E-state index is 0.0860. The molecule has 0 spiro atoms. The standard InChI is InChI=1S/C37H31N5O3S2/c1-23-15-17-25(18-16-23)33-22-46-37(41-33)42-34(43)24(2)47-29-12-8-11-28(20-29)39-36(45)32(40-35(44)26-9-4-3-5-10-26)19-27-21-38-31-14-7-6-13-30(27)31/h3-22,24,38H,1-2H3,(H,39,45)(H,40,44)(H,41,42,43)/b32-19-. The van der Waals surface area contributed by atoms with Crippen molar-refractivity contribution in [1.29, 1.82) is 0 Å². The summed E-state index contributed by atoms with van der Waals surface area (Å²) in [7, 11) is 0. The van der Waals surface area contributed by atoms with Crippen molar-refractivity contribution in [3.05, 3.63) is 137 Å². The predicted octanol–water partition coefficient (Wildman–Crippen LogP) is 8.13. The molecule has 6 aromatic rings. The van der Waals surface area contributed by atoms with Crippen molar-refractivity contribution in [3.8, 4) is 11.3 Å². The fourth-order valence-corrected chi connectivity index (χ4v) is 6.46. The number of aromatic amines is 1. The average Bonchev–Trinajstić information content (AvgIpc) is 3.72. The molecular formula is C37H31N5O3S2. The molecule has 6 rings (SSSR count). The van der Waals surface area contributed by atoms with Crippen LogP contribution in [0.2, 0.25) is 0 Å². The Morgan fingerprint density at radius 2 is 1.66 bits per heavy atom. The fourth-order valence-electron chi connectivity index (χ4n) is 4.81.